The van der Waals surface area contributed by atoms with Gasteiger partial charge in [-0.3, -0.25) is 0 Å². The van der Waals surface area contributed by atoms with Crippen molar-refractivity contribution in [1.82, 2.24) is 0 Å². The molecule has 1 rings (SSSR count). The van der Waals surface area contributed by atoms with Gasteiger partial charge in [0, 0.05) is 15.2 Å². The van der Waals surface area contributed by atoms with Crippen molar-refractivity contribution in [2.24, 2.45) is 0 Å². The van der Waals surface area contributed by atoms with E-state index in [0.717, 1.165) is 4.90 Å². The lowest BCUT2D eigenvalue weighted by molar-refractivity contribution is 0.196. The first kappa shape index (κ1) is 12.4. The molecule has 1 aromatic rings. The van der Waals surface area contributed by atoms with Gasteiger partial charge in [-0.15, -0.1) is 11.8 Å². The van der Waals surface area contributed by atoms with Gasteiger partial charge in [0.15, 0.2) is 0 Å². The molecule has 4 heteroatoms. The van der Waals surface area contributed by atoms with Crippen LogP contribution in [0.25, 0.3) is 0 Å². The second kappa shape index (κ2) is 5.41. The van der Waals surface area contributed by atoms with Crippen LogP contribution in [-0.2, 0) is 0 Å². The van der Waals surface area contributed by atoms with Crippen LogP contribution in [-0.4, -0.2) is 16.5 Å². The fourth-order valence-corrected chi connectivity index (χ4v) is 2.14. The van der Waals surface area contributed by atoms with Crippen molar-refractivity contribution in [1.29, 1.82) is 5.26 Å². The Bertz CT molecular complexity index is 387. The average molecular weight is 242 g/mol. The molecule has 0 fully saturated rings. The molecule has 0 amide bonds. The van der Waals surface area contributed by atoms with Crippen molar-refractivity contribution in [2.45, 2.75) is 30.1 Å². The molecule has 1 aromatic carbocycles. The van der Waals surface area contributed by atoms with E-state index < -0.39 is 6.10 Å². The van der Waals surface area contributed by atoms with E-state index in [1.54, 1.807) is 19.1 Å². The molecule has 0 aromatic heterocycles. The Hall–Kier alpha value is -0.690. The predicted molar refractivity (Wildman–Crippen MR) is 63.2 cm³/mol. The SMILES string of the molecule is CC(O)C(C)Sc1ccc(Cl)cc1C#N. The monoisotopic (exact) mass is 241 g/mol. The maximum Gasteiger partial charge on any atom is 0.100 e. The summed E-state index contributed by atoms with van der Waals surface area (Å²) < 4.78 is 0. The number of benzene rings is 1. The highest BCUT2D eigenvalue weighted by Gasteiger charge is 2.13. The lowest BCUT2D eigenvalue weighted by atomic mass is 10.2. The van der Waals surface area contributed by atoms with Gasteiger partial charge in [-0.25, -0.2) is 0 Å². The summed E-state index contributed by atoms with van der Waals surface area (Å²) in [5, 5.41) is 18.9. The molecular weight excluding hydrogens is 230 g/mol. The van der Waals surface area contributed by atoms with Crippen LogP contribution in [0.4, 0.5) is 0 Å². The first-order valence-electron chi connectivity index (χ1n) is 4.59. The third-order valence-corrected chi connectivity index (χ3v) is 3.66. The van der Waals surface area contributed by atoms with Gasteiger partial charge in [-0.1, -0.05) is 18.5 Å². The maximum atomic E-state index is 9.37. The van der Waals surface area contributed by atoms with Crippen molar-refractivity contribution in [3.8, 4) is 6.07 Å². The third-order valence-electron chi connectivity index (χ3n) is 2.05. The van der Waals surface area contributed by atoms with E-state index in [2.05, 4.69) is 6.07 Å². The largest absolute Gasteiger partial charge is 0.392 e. The lowest BCUT2D eigenvalue weighted by Crippen LogP contribution is -2.15. The maximum absolute atomic E-state index is 9.37. The molecule has 80 valence electrons. The zero-order chi connectivity index (χ0) is 11.4. The van der Waals surface area contributed by atoms with Gasteiger partial charge in [0.25, 0.3) is 0 Å². The van der Waals surface area contributed by atoms with Gasteiger partial charge in [0.2, 0.25) is 0 Å². The summed E-state index contributed by atoms with van der Waals surface area (Å²) in [5.74, 6) is 0. The van der Waals surface area contributed by atoms with Crippen molar-refractivity contribution < 1.29 is 5.11 Å². The zero-order valence-corrected chi connectivity index (χ0v) is 10.1. The van der Waals surface area contributed by atoms with Gasteiger partial charge in [0.05, 0.1) is 11.7 Å². The van der Waals surface area contributed by atoms with Crippen molar-refractivity contribution in [3.05, 3.63) is 28.8 Å². The summed E-state index contributed by atoms with van der Waals surface area (Å²) >= 11 is 7.27. The lowest BCUT2D eigenvalue weighted by Gasteiger charge is -2.14. The average Bonchev–Trinajstić information content (AvgIpc) is 2.20. The normalized spacial score (nSPS) is 14.3. The molecule has 2 atom stereocenters. The molecule has 0 bridgehead atoms. The number of thioether (sulfide) groups is 1. The standard InChI is InChI=1S/C11H12ClNOS/c1-7(14)8(2)15-11-4-3-10(12)5-9(11)6-13/h3-5,7-8,14H,1-2H3. The van der Waals surface area contributed by atoms with Crippen molar-refractivity contribution in [2.75, 3.05) is 0 Å². The third kappa shape index (κ3) is 3.42. The highest BCUT2D eigenvalue weighted by atomic mass is 35.5. The first-order chi connectivity index (χ1) is 7.04. The molecule has 1 N–H and O–H groups in total. The summed E-state index contributed by atoms with van der Waals surface area (Å²) in [6, 6.07) is 7.29. The fourth-order valence-electron chi connectivity index (χ4n) is 0.991. The Morgan fingerprint density at radius 2 is 2.13 bits per heavy atom. The Balaban J connectivity index is 2.91. The summed E-state index contributed by atoms with van der Waals surface area (Å²) in [6.07, 6.45) is -0.405. The van der Waals surface area contributed by atoms with E-state index >= 15 is 0 Å². The summed E-state index contributed by atoms with van der Waals surface area (Å²) in [6.45, 7) is 3.66. The molecule has 0 aliphatic heterocycles. The Kier molecular flexibility index (Phi) is 4.46. The van der Waals surface area contributed by atoms with E-state index in [4.69, 9.17) is 16.9 Å². The van der Waals surface area contributed by atoms with Crippen LogP contribution in [0, 0.1) is 11.3 Å². The number of nitrogens with zero attached hydrogens (tertiary/aromatic N) is 1. The van der Waals surface area contributed by atoms with E-state index in [9.17, 15) is 5.11 Å². The van der Waals surface area contributed by atoms with E-state index in [-0.39, 0.29) is 5.25 Å². The Labute approximate surface area is 98.9 Å². The van der Waals surface area contributed by atoms with Crippen molar-refractivity contribution in [3.63, 3.8) is 0 Å². The topological polar surface area (TPSA) is 44.0 Å². The molecule has 0 aliphatic rings. The molecule has 0 heterocycles. The van der Waals surface area contributed by atoms with Gasteiger partial charge >= 0.3 is 0 Å². The van der Waals surface area contributed by atoms with Crippen LogP contribution in [0.15, 0.2) is 23.1 Å². The Morgan fingerprint density at radius 1 is 1.47 bits per heavy atom. The minimum atomic E-state index is -0.405. The van der Waals surface area contributed by atoms with Gasteiger partial charge in [-0.05, 0) is 25.1 Å². The second-order valence-corrected chi connectivity index (χ2v) is 5.17. The molecule has 0 radical (unpaired) electrons. The van der Waals surface area contributed by atoms with Crippen LogP contribution < -0.4 is 0 Å². The summed E-state index contributed by atoms with van der Waals surface area (Å²) in [5.41, 5.74) is 0.556. The predicted octanol–water partition coefficient (Wildman–Crippen LogP) is 3.07. The molecule has 15 heavy (non-hydrogen) atoms. The van der Waals surface area contributed by atoms with Crippen molar-refractivity contribution >= 4 is 23.4 Å². The van der Waals surface area contributed by atoms with Gasteiger partial charge in [-0.2, -0.15) is 5.26 Å². The molecule has 0 saturated heterocycles. The quantitative estimate of drug-likeness (QED) is 0.828. The molecule has 0 saturated carbocycles. The number of aliphatic hydroxyl groups excluding tert-OH is 1. The highest BCUT2D eigenvalue weighted by Crippen LogP contribution is 2.29. The van der Waals surface area contributed by atoms with Crippen LogP contribution in [0.2, 0.25) is 5.02 Å². The van der Waals surface area contributed by atoms with Crippen LogP contribution in [0.5, 0.6) is 0 Å². The Morgan fingerprint density at radius 3 is 2.67 bits per heavy atom. The van der Waals surface area contributed by atoms with Crippen LogP contribution in [0.3, 0.4) is 0 Å². The number of hydrogen-bond donors (Lipinski definition) is 1. The molecule has 0 spiro atoms. The van der Waals surface area contributed by atoms with Crippen LogP contribution in [0.1, 0.15) is 19.4 Å². The summed E-state index contributed by atoms with van der Waals surface area (Å²) in [7, 11) is 0. The van der Waals surface area contributed by atoms with Crippen LogP contribution >= 0.6 is 23.4 Å². The number of aliphatic hydroxyl groups is 1. The van der Waals surface area contributed by atoms with Gasteiger partial charge < -0.3 is 5.11 Å². The molecule has 2 unspecified atom stereocenters. The molecule has 2 nitrogen and oxygen atoms in total. The number of rotatable bonds is 3. The van der Waals surface area contributed by atoms with Gasteiger partial charge in [0.1, 0.15) is 6.07 Å². The fraction of sp³-hybridized carbons (Fsp3) is 0.364. The minimum Gasteiger partial charge on any atom is -0.392 e. The second-order valence-electron chi connectivity index (χ2n) is 3.32. The van der Waals surface area contributed by atoms with E-state index in [0.29, 0.717) is 10.6 Å². The first-order valence-corrected chi connectivity index (χ1v) is 5.84. The molecular formula is C11H12ClNOS. The number of hydrogen-bond acceptors (Lipinski definition) is 3. The number of nitriles is 1. The zero-order valence-electron chi connectivity index (χ0n) is 8.57. The van der Waals surface area contributed by atoms with E-state index in [1.165, 1.54) is 11.8 Å². The number of halogens is 1. The highest BCUT2D eigenvalue weighted by molar-refractivity contribution is 8.00. The minimum absolute atomic E-state index is 0.0540. The molecule has 0 aliphatic carbocycles. The van der Waals surface area contributed by atoms with E-state index in [1.807, 2.05) is 13.0 Å². The summed E-state index contributed by atoms with van der Waals surface area (Å²) in [4.78, 5) is 0.857. The smallest absolute Gasteiger partial charge is 0.100 e.